The molecule has 0 aromatic rings. The van der Waals surface area contributed by atoms with E-state index in [4.69, 9.17) is 4.74 Å². The molecule has 17 heavy (non-hydrogen) atoms. The van der Waals surface area contributed by atoms with E-state index in [1.54, 1.807) is 0 Å². The predicted molar refractivity (Wildman–Crippen MR) is 68.9 cm³/mol. The van der Waals surface area contributed by atoms with Crippen LogP contribution in [0.1, 0.15) is 40.0 Å². The summed E-state index contributed by atoms with van der Waals surface area (Å²) >= 11 is 0. The van der Waals surface area contributed by atoms with Crippen LogP contribution in [0.15, 0.2) is 0 Å². The van der Waals surface area contributed by atoms with Crippen LogP contribution in [-0.2, 0) is 9.53 Å². The van der Waals surface area contributed by atoms with Gasteiger partial charge in [0.1, 0.15) is 0 Å². The molecule has 1 fully saturated rings. The second-order valence-corrected chi connectivity index (χ2v) is 5.07. The molecule has 0 spiro atoms. The zero-order valence-corrected chi connectivity index (χ0v) is 11.3. The van der Waals surface area contributed by atoms with Gasteiger partial charge in [0.15, 0.2) is 0 Å². The number of hydrogen-bond acceptors (Lipinski definition) is 3. The highest BCUT2D eigenvalue weighted by Gasteiger charge is 2.22. The van der Waals surface area contributed by atoms with Gasteiger partial charge in [-0.2, -0.15) is 0 Å². The van der Waals surface area contributed by atoms with E-state index in [1.807, 2.05) is 6.92 Å². The van der Waals surface area contributed by atoms with Crippen LogP contribution < -0.4 is 10.6 Å². The molecule has 0 aromatic carbocycles. The van der Waals surface area contributed by atoms with Crippen molar-refractivity contribution >= 4 is 5.91 Å². The van der Waals surface area contributed by atoms with Gasteiger partial charge >= 0.3 is 0 Å². The molecule has 1 heterocycles. The number of hydrogen-bond donors (Lipinski definition) is 2. The maximum atomic E-state index is 11.5. The molecule has 100 valence electrons. The third-order valence-electron chi connectivity index (χ3n) is 3.24. The van der Waals surface area contributed by atoms with Gasteiger partial charge in [-0.25, -0.2) is 0 Å². The lowest BCUT2D eigenvalue weighted by Crippen LogP contribution is -2.45. The second kappa shape index (κ2) is 7.67. The first-order chi connectivity index (χ1) is 8.13. The Morgan fingerprint density at radius 2 is 2.29 bits per heavy atom. The Bertz CT molecular complexity index is 231. The standard InChI is InChI=1S/C13H26N2O2/c1-4-17-9-12(10(2)3)15-11-6-5-7-14-13(16)8-11/h10-12,15H,4-9H2,1-3H3,(H,14,16). The Morgan fingerprint density at radius 3 is 2.94 bits per heavy atom. The van der Waals surface area contributed by atoms with Gasteiger partial charge in [0.25, 0.3) is 0 Å². The lowest BCUT2D eigenvalue weighted by Gasteiger charge is -2.27. The van der Waals surface area contributed by atoms with E-state index in [0.717, 1.165) is 32.6 Å². The van der Waals surface area contributed by atoms with Gasteiger partial charge in [-0.3, -0.25) is 4.79 Å². The van der Waals surface area contributed by atoms with Gasteiger partial charge in [-0.15, -0.1) is 0 Å². The molecular weight excluding hydrogens is 216 g/mol. The molecule has 0 aromatic heterocycles. The molecule has 2 atom stereocenters. The molecule has 0 saturated carbocycles. The summed E-state index contributed by atoms with van der Waals surface area (Å²) in [6.45, 7) is 8.68. The van der Waals surface area contributed by atoms with E-state index in [1.165, 1.54) is 0 Å². The molecule has 1 rings (SSSR count). The molecule has 4 heteroatoms. The van der Waals surface area contributed by atoms with Gasteiger partial charge in [-0.1, -0.05) is 13.8 Å². The van der Waals surface area contributed by atoms with Gasteiger partial charge < -0.3 is 15.4 Å². The van der Waals surface area contributed by atoms with Crippen molar-refractivity contribution < 1.29 is 9.53 Å². The van der Waals surface area contributed by atoms with E-state index in [0.29, 0.717) is 24.4 Å². The molecular formula is C13H26N2O2. The number of ether oxygens (including phenoxy) is 1. The monoisotopic (exact) mass is 242 g/mol. The summed E-state index contributed by atoms with van der Waals surface area (Å²) in [6, 6.07) is 0.635. The van der Waals surface area contributed by atoms with Crippen LogP contribution in [0, 0.1) is 5.92 Å². The SMILES string of the molecule is CCOCC(NC1CCCNC(=O)C1)C(C)C. The minimum absolute atomic E-state index is 0.166. The Labute approximate surface area is 104 Å². The lowest BCUT2D eigenvalue weighted by atomic mass is 10.0. The van der Waals surface area contributed by atoms with Gasteiger partial charge in [-0.05, 0) is 25.7 Å². The van der Waals surface area contributed by atoms with Crippen LogP contribution in [0.4, 0.5) is 0 Å². The van der Waals surface area contributed by atoms with Crippen LogP contribution in [0.2, 0.25) is 0 Å². The summed E-state index contributed by atoms with van der Waals surface area (Å²) in [5.74, 6) is 0.687. The molecule has 1 aliphatic rings. The first-order valence-electron chi connectivity index (χ1n) is 6.74. The number of nitrogens with one attached hydrogen (secondary N) is 2. The van der Waals surface area contributed by atoms with E-state index >= 15 is 0 Å². The number of rotatable bonds is 6. The fraction of sp³-hybridized carbons (Fsp3) is 0.923. The topological polar surface area (TPSA) is 50.4 Å². The largest absolute Gasteiger partial charge is 0.380 e. The van der Waals surface area contributed by atoms with Gasteiger partial charge in [0.2, 0.25) is 5.91 Å². The highest BCUT2D eigenvalue weighted by Crippen LogP contribution is 2.10. The lowest BCUT2D eigenvalue weighted by molar-refractivity contribution is -0.121. The third-order valence-corrected chi connectivity index (χ3v) is 3.24. The highest BCUT2D eigenvalue weighted by atomic mass is 16.5. The smallest absolute Gasteiger partial charge is 0.221 e. The summed E-state index contributed by atoms with van der Waals surface area (Å²) < 4.78 is 5.49. The van der Waals surface area contributed by atoms with Crippen molar-refractivity contribution in [3.63, 3.8) is 0 Å². The van der Waals surface area contributed by atoms with E-state index < -0.39 is 0 Å². The first kappa shape index (κ1) is 14.5. The van der Waals surface area contributed by atoms with Crippen LogP contribution >= 0.6 is 0 Å². The third kappa shape index (κ3) is 5.50. The average Bonchev–Trinajstić information content (AvgIpc) is 2.48. The Hall–Kier alpha value is -0.610. The minimum Gasteiger partial charge on any atom is -0.380 e. The van der Waals surface area contributed by atoms with Crippen molar-refractivity contribution in [2.75, 3.05) is 19.8 Å². The van der Waals surface area contributed by atoms with Crippen molar-refractivity contribution in [2.45, 2.75) is 52.1 Å². The zero-order chi connectivity index (χ0) is 12.7. The molecule has 1 aliphatic heterocycles. The van der Waals surface area contributed by atoms with Gasteiger partial charge in [0, 0.05) is 31.7 Å². The molecule has 2 N–H and O–H groups in total. The molecule has 1 saturated heterocycles. The van der Waals surface area contributed by atoms with Gasteiger partial charge in [0.05, 0.1) is 6.61 Å². The molecule has 0 aliphatic carbocycles. The van der Waals surface area contributed by atoms with Crippen LogP contribution in [0.5, 0.6) is 0 Å². The Kier molecular flexibility index (Phi) is 6.52. The fourth-order valence-corrected chi connectivity index (χ4v) is 2.10. The van der Waals surface area contributed by atoms with Crippen molar-refractivity contribution in [1.82, 2.24) is 10.6 Å². The second-order valence-electron chi connectivity index (χ2n) is 5.07. The highest BCUT2D eigenvalue weighted by molar-refractivity contribution is 5.76. The molecule has 2 unspecified atom stereocenters. The van der Waals surface area contributed by atoms with E-state index in [-0.39, 0.29) is 5.91 Å². The molecule has 0 radical (unpaired) electrons. The van der Waals surface area contributed by atoms with Crippen molar-refractivity contribution in [2.24, 2.45) is 5.92 Å². The fourth-order valence-electron chi connectivity index (χ4n) is 2.10. The van der Waals surface area contributed by atoms with Crippen LogP contribution in [-0.4, -0.2) is 37.7 Å². The predicted octanol–water partition coefficient (Wildman–Crippen LogP) is 1.31. The Morgan fingerprint density at radius 1 is 1.53 bits per heavy atom. The number of carbonyl (C=O) groups excluding carboxylic acids is 1. The molecule has 1 amide bonds. The summed E-state index contributed by atoms with van der Waals surface area (Å²) in [5.41, 5.74) is 0. The van der Waals surface area contributed by atoms with Crippen molar-refractivity contribution in [3.8, 4) is 0 Å². The summed E-state index contributed by atoms with van der Waals surface area (Å²) in [7, 11) is 0. The summed E-state index contributed by atoms with van der Waals surface area (Å²) in [6.07, 6.45) is 2.71. The summed E-state index contributed by atoms with van der Waals surface area (Å²) in [5, 5.41) is 6.48. The average molecular weight is 242 g/mol. The Balaban J connectivity index is 2.43. The van der Waals surface area contributed by atoms with Crippen molar-refractivity contribution in [1.29, 1.82) is 0 Å². The molecule has 0 bridgehead atoms. The van der Waals surface area contributed by atoms with Crippen LogP contribution in [0.25, 0.3) is 0 Å². The van der Waals surface area contributed by atoms with Crippen LogP contribution in [0.3, 0.4) is 0 Å². The quantitative estimate of drug-likeness (QED) is 0.738. The summed E-state index contributed by atoms with van der Waals surface area (Å²) in [4.78, 5) is 11.5. The minimum atomic E-state index is 0.166. The zero-order valence-electron chi connectivity index (χ0n) is 11.3. The maximum absolute atomic E-state index is 11.5. The number of carbonyl (C=O) groups is 1. The normalized spacial score (nSPS) is 23.3. The maximum Gasteiger partial charge on any atom is 0.221 e. The molecule has 4 nitrogen and oxygen atoms in total. The first-order valence-corrected chi connectivity index (χ1v) is 6.74. The van der Waals surface area contributed by atoms with E-state index in [2.05, 4.69) is 24.5 Å². The van der Waals surface area contributed by atoms with E-state index in [9.17, 15) is 4.79 Å². The van der Waals surface area contributed by atoms with Crippen molar-refractivity contribution in [3.05, 3.63) is 0 Å². The number of amides is 1.